The van der Waals surface area contributed by atoms with E-state index in [1.54, 1.807) is 24.9 Å². The van der Waals surface area contributed by atoms with Crippen molar-refractivity contribution >= 4 is 0 Å². The molecule has 0 saturated heterocycles. The fourth-order valence-electron chi connectivity index (χ4n) is 2.14. The van der Waals surface area contributed by atoms with Crippen LogP contribution < -0.4 is 10.5 Å². The summed E-state index contributed by atoms with van der Waals surface area (Å²) in [6.07, 6.45) is 2.61. The maximum Gasteiger partial charge on any atom is 0.190 e. The molecule has 6 heteroatoms. The molecule has 0 aliphatic carbocycles. The average molecular weight is 295 g/mol. The second-order valence-electron chi connectivity index (χ2n) is 5.11. The predicted molar refractivity (Wildman–Crippen MR) is 76.1 cm³/mol. The molecule has 1 heterocycles. The minimum atomic E-state index is -0.698. The van der Waals surface area contributed by atoms with Crippen molar-refractivity contribution in [2.75, 3.05) is 6.61 Å². The van der Waals surface area contributed by atoms with Crippen molar-refractivity contribution in [2.45, 2.75) is 25.8 Å². The zero-order valence-corrected chi connectivity index (χ0v) is 12.1. The Balaban J connectivity index is 2.01. The number of rotatable bonds is 6. The second-order valence-corrected chi connectivity index (χ2v) is 5.11. The van der Waals surface area contributed by atoms with Gasteiger partial charge in [0.1, 0.15) is 0 Å². The fourth-order valence-corrected chi connectivity index (χ4v) is 2.14. The quantitative estimate of drug-likeness (QED) is 0.889. The molecule has 0 spiro atoms. The highest BCUT2D eigenvalue weighted by molar-refractivity contribution is 5.31. The Labute approximate surface area is 122 Å². The number of aromatic nitrogens is 2. The largest absolute Gasteiger partial charge is 0.487 e. The summed E-state index contributed by atoms with van der Waals surface area (Å²) in [5.41, 5.74) is 7.09. The molecule has 21 heavy (non-hydrogen) atoms. The molecule has 114 valence electrons. The van der Waals surface area contributed by atoms with Crippen molar-refractivity contribution in [1.82, 2.24) is 9.78 Å². The Morgan fingerprint density at radius 3 is 2.52 bits per heavy atom. The van der Waals surface area contributed by atoms with Gasteiger partial charge in [0.05, 0.1) is 6.61 Å². The van der Waals surface area contributed by atoms with E-state index in [1.165, 1.54) is 12.1 Å². The first-order chi connectivity index (χ1) is 9.97. The van der Waals surface area contributed by atoms with Crippen molar-refractivity contribution in [3.63, 3.8) is 0 Å². The molecule has 0 bridgehead atoms. The topological polar surface area (TPSA) is 53.1 Å². The van der Waals surface area contributed by atoms with Crippen molar-refractivity contribution in [1.29, 1.82) is 0 Å². The first-order valence-corrected chi connectivity index (χ1v) is 6.80. The summed E-state index contributed by atoms with van der Waals surface area (Å²) >= 11 is 0. The third-order valence-electron chi connectivity index (χ3n) is 3.14. The van der Waals surface area contributed by atoms with Crippen molar-refractivity contribution in [3.05, 3.63) is 47.3 Å². The minimum absolute atomic E-state index is 0.152. The summed E-state index contributed by atoms with van der Waals surface area (Å²) in [4.78, 5) is 0. The lowest BCUT2D eigenvalue weighted by Crippen LogP contribution is -2.18. The minimum Gasteiger partial charge on any atom is -0.487 e. The SMILES string of the molecule is CC(N)Cc1cc(F)c(OCCc2ccnn2C)c(F)c1. The number of hydrogen-bond donors (Lipinski definition) is 1. The summed E-state index contributed by atoms with van der Waals surface area (Å²) in [5.74, 6) is -1.74. The molecule has 1 unspecified atom stereocenters. The molecule has 1 aromatic heterocycles. The molecule has 2 N–H and O–H groups in total. The van der Waals surface area contributed by atoms with E-state index >= 15 is 0 Å². The van der Waals surface area contributed by atoms with Crippen LogP contribution >= 0.6 is 0 Å². The van der Waals surface area contributed by atoms with Gasteiger partial charge in [0.25, 0.3) is 0 Å². The Kier molecular flexibility index (Phi) is 4.90. The highest BCUT2D eigenvalue weighted by Gasteiger charge is 2.13. The first kappa shape index (κ1) is 15.4. The van der Waals surface area contributed by atoms with E-state index in [9.17, 15) is 8.78 Å². The Morgan fingerprint density at radius 2 is 2.00 bits per heavy atom. The van der Waals surface area contributed by atoms with Crippen LogP contribution in [0.1, 0.15) is 18.2 Å². The third kappa shape index (κ3) is 4.01. The maximum atomic E-state index is 13.9. The Hall–Kier alpha value is -1.95. The predicted octanol–water partition coefficient (Wildman–Crippen LogP) is 2.21. The third-order valence-corrected chi connectivity index (χ3v) is 3.14. The summed E-state index contributed by atoms with van der Waals surface area (Å²) in [6.45, 7) is 1.97. The molecule has 1 atom stereocenters. The number of nitrogens with zero attached hydrogens (tertiary/aromatic N) is 2. The number of nitrogens with two attached hydrogens (primary N) is 1. The molecule has 0 fully saturated rings. The molecule has 0 amide bonds. The number of benzene rings is 1. The zero-order chi connectivity index (χ0) is 15.4. The van der Waals surface area contributed by atoms with Crippen LogP contribution in [-0.2, 0) is 19.9 Å². The Bertz CT molecular complexity index is 588. The number of ether oxygens (including phenoxy) is 1. The van der Waals surface area contributed by atoms with Crippen LogP contribution in [0.4, 0.5) is 8.78 Å². The smallest absolute Gasteiger partial charge is 0.190 e. The lowest BCUT2D eigenvalue weighted by atomic mass is 10.1. The van der Waals surface area contributed by atoms with Gasteiger partial charge in [-0.2, -0.15) is 5.10 Å². The van der Waals surface area contributed by atoms with E-state index in [0.717, 1.165) is 5.69 Å². The van der Waals surface area contributed by atoms with Crippen LogP contribution in [0.15, 0.2) is 24.4 Å². The lowest BCUT2D eigenvalue weighted by molar-refractivity contribution is 0.285. The van der Waals surface area contributed by atoms with Gasteiger partial charge in [0.15, 0.2) is 17.4 Å². The number of aryl methyl sites for hydroxylation is 1. The highest BCUT2D eigenvalue weighted by Crippen LogP contribution is 2.24. The molecule has 0 radical (unpaired) electrons. The number of halogens is 2. The van der Waals surface area contributed by atoms with Gasteiger partial charge in [-0.05, 0) is 37.1 Å². The molecule has 1 aromatic carbocycles. The molecular weight excluding hydrogens is 276 g/mol. The highest BCUT2D eigenvalue weighted by atomic mass is 19.1. The lowest BCUT2D eigenvalue weighted by Gasteiger charge is -2.11. The van der Waals surface area contributed by atoms with E-state index in [4.69, 9.17) is 10.5 Å². The van der Waals surface area contributed by atoms with Gasteiger partial charge in [-0.1, -0.05) is 0 Å². The summed E-state index contributed by atoms with van der Waals surface area (Å²) in [6, 6.07) is 4.22. The monoisotopic (exact) mass is 295 g/mol. The molecule has 0 aliphatic rings. The van der Waals surface area contributed by atoms with Gasteiger partial charge in [-0.3, -0.25) is 4.68 Å². The second kappa shape index (κ2) is 6.67. The molecule has 0 aliphatic heterocycles. The molecule has 4 nitrogen and oxygen atoms in total. The van der Waals surface area contributed by atoms with Gasteiger partial charge in [-0.25, -0.2) is 8.78 Å². The number of hydrogen-bond acceptors (Lipinski definition) is 3. The molecule has 0 saturated carbocycles. The molecule has 2 rings (SSSR count). The fraction of sp³-hybridized carbons (Fsp3) is 0.400. The van der Waals surface area contributed by atoms with Crippen LogP contribution in [0, 0.1) is 11.6 Å². The van der Waals surface area contributed by atoms with Crippen molar-refractivity contribution in [3.8, 4) is 5.75 Å². The van der Waals surface area contributed by atoms with Gasteiger partial charge < -0.3 is 10.5 Å². The van der Waals surface area contributed by atoms with E-state index in [1.807, 2.05) is 6.07 Å². The van der Waals surface area contributed by atoms with Crippen LogP contribution in [0.25, 0.3) is 0 Å². The van der Waals surface area contributed by atoms with Crippen LogP contribution in [0.2, 0.25) is 0 Å². The van der Waals surface area contributed by atoms with Gasteiger partial charge in [0.2, 0.25) is 0 Å². The van der Waals surface area contributed by atoms with E-state index in [0.29, 0.717) is 18.4 Å². The summed E-state index contributed by atoms with van der Waals surface area (Å²) < 4.78 is 34.7. The summed E-state index contributed by atoms with van der Waals surface area (Å²) in [5, 5.41) is 4.02. The summed E-state index contributed by atoms with van der Waals surface area (Å²) in [7, 11) is 1.80. The zero-order valence-electron chi connectivity index (χ0n) is 12.1. The first-order valence-electron chi connectivity index (χ1n) is 6.80. The van der Waals surface area contributed by atoms with Crippen LogP contribution in [-0.4, -0.2) is 22.4 Å². The van der Waals surface area contributed by atoms with Crippen molar-refractivity contribution < 1.29 is 13.5 Å². The molecular formula is C15H19F2N3O. The van der Waals surface area contributed by atoms with Gasteiger partial charge in [0, 0.05) is 31.4 Å². The van der Waals surface area contributed by atoms with Crippen molar-refractivity contribution in [2.24, 2.45) is 12.8 Å². The standard InChI is InChI=1S/C15H19F2N3O/c1-10(18)7-11-8-13(16)15(14(17)9-11)21-6-4-12-3-5-19-20(12)2/h3,5,8-10H,4,6-7,18H2,1-2H3. The van der Waals surface area contributed by atoms with Crippen LogP contribution in [0.3, 0.4) is 0 Å². The Morgan fingerprint density at radius 1 is 1.33 bits per heavy atom. The van der Waals surface area contributed by atoms with Gasteiger partial charge >= 0.3 is 0 Å². The van der Waals surface area contributed by atoms with E-state index in [2.05, 4.69) is 5.10 Å². The average Bonchev–Trinajstić information content (AvgIpc) is 2.77. The maximum absolute atomic E-state index is 13.9. The van der Waals surface area contributed by atoms with E-state index < -0.39 is 11.6 Å². The van der Waals surface area contributed by atoms with Gasteiger partial charge in [-0.15, -0.1) is 0 Å². The normalized spacial score (nSPS) is 12.4. The van der Waals surface area contributed by atoms with Crippen LogP contribution in [0.5, 0.6) is 5.75 Å². The van der Waals surface area contributed by atoms with E-state index in [-0.39, 0.29) is 18.4 Å². The molecule has 2 aromatic rings.